The third-order valence-corrected chi connectivity index (χ3v) is 2.97. The number of carbonyl (C=O) groups is 1. The lowest BCUT2D eigenvalue weighted by Crippen LogP contribution is -2.45. The topological polar surface area (TPSA) is 50.4 Å². The number of thiocarbonyl (C=S) groups is 1. The summed E-state index contributed by atoms with van der Waals surface area (Å²) in [5.74, 6) is 0.810. The van der Waals surface area contributed by atoms with E-state index in [1.165, 1.54) is 20.0 Å². The maximum Gasteiger partial charge on any atom is 0.413 e. The maximum absolute atomic E-state index is 10.9. The normalized spacial score (nSPS) is 25.5. The van der Waals surface area contributed by atoms with Gasteiger partial charge in [-0.1, -0.05) is 6.92 Å². The van der Waals surface area contributed by atoms with E-state index in [1.807, 2.05) is 0 Å². The van der Waals surface area contributed by atoms with Gasteiger partial charge in [-0.15, -0.1) is 0 Å². The van der Waals surface area contributed by atoms with Crippen LogP contribution in [0.2, 0.25) is 0 Å². The molecule has 86 valence electrons. The highest BCUT2D eigenvalue weighted by molar-refractivity contribution is 7.80. The molecule has 1 fully saturated rings. The summed E-state index contributed by atoms with van der Waals surface area (Å²) in [6.45, 7) is 2.27. The van der Waals surface area contributed by atoms with Crippen molar-refractivity contribution in [3.63, 3.8) is 0 Å². The number of nitrogens with one attached hydrogen (secondary N) is 2. The third kappa shape index (κ3) is 4.46. The number of methoxy groups -OCH3 is 1. The van der Waals surface area contributed by atoms with Crippen molar-refractivity contribution in [1.82, 2.24) is 10.6 Å². The summed E-state index contributed by atoms with van der Waals surface area (Å²) >= 11 is 4.98. The van der Waals surface area contributed by atoms with Crippen molar-refractivity contribution in [1.29, 1.82) is 0 Å². The molecule has 1 aliphatic carbocycles. The Morgan fingerprint density at radius 2 is 1.93 bits per heavy atom. The number of rotatable bonds is 1. The molecule has 1 saturated carbocycles. The van der Waals surface area contributed by atoms with Crippen molar-refractivity contribution in [2.75, 3.05) is 7.11 Å². The highest BCUT2D eigenvalue weighted by Gasteiger charge is 2.18. The van der Waals surface area contributed by atoms with E-state index in [1.54, 1.807) is 0 Å². The van der Waals surface area contributed by atoms with Gasteiger partial charge >= 0.3 is 6.09 Å². The lowest BCUT2D eigenvalue weighted by molar-refractivity contribution is 0.176. The number of amides is 1. The van der Waals surface area contributed by atoms with Crippen LogP contribution in [0, 0.1) is 5.92 Å². The minimum Gasteiger partial charge on any atom is -0.453 e. The summed E-state index contributed by atoms with van der Waals surface area (Å²) < 4.78 is 4.45. The first-order valence-electron chi connectivity index (χ1n) is 5.27. The minimum atomic E-state index is -0.517. The quantitative estimate of drug-likeness (QED) is 0.674. The number of alkyl carbamates (subject to hydrolysis) is 1. The van der Waals surface area contributed by atoms with Crippen LogP contribution in [-0.4, -0.2) is 24.4 Å². The van der Waals surface area contributed by atoms with Crippen LogP contribution < -0.4 is 10.6 Å². The van der Waals surface area contributed by atoms with Gasteiger partial charge in [0.25, 0.3) is 0 Å². The molecular weight excluding hydrogens is 212 g/mol. The van der Waals surface area contributed by atoms with E-state index in [-0.39, 0.29) is 0 Å². The van der Waals surface area contributed by atoms with E-state index in [0.29, 0.717) is 11.2 Å². The monoisotopic (exact) mass is 230 g/mol. The first kappa shape index (κ1) is 12.2. The van der Waals surface area contributed by atoms with Gasteiger partial charge in [-0.2, -0.15) is 0 Å². The molecule has 5 heteroatoms. The number of ether oxygens (including phenoxy) is 1. The molecule has 0 unspecified atom stereocenters. The Morgan fingerprint density at radius 1 is 1.33 bits per heavy atom. The molecule has 1 rings (SSSR count). The van der Waals surface area contributed by atoms with Gasteiger partial charge in [0.15, 0.2) is 5.11 Å². The average Bonchev–Trinajstić information content (AvgIpc) is 2.21. The molecular formula is C10H18N2O2S. The maximum atomic E-state index is 10.9. The van der Waals surface area contributed by atoms with Gasteiger partial charge in [-0.25, -0.2) is 4.79 Å². The van der Waals surface area contributed by atoms with E-state index < -0.39 is 6.09 Å². The van der Waals surface area contributed by atoms with E-state index in [9.17, 15) is 4.79 Å². The molecule has 0 saturated heterocycles. The predicted octanol–water partition coefficient (Wildman–Crippen LogP) is 1.80. The van der Waals surface area contributed by atoms with Crippen LogP contribution in [0.3, 0.4) is 0 Å². The largest absolute Gasteiger partial charge is 0.453 e. The van der Waals surface area contributed by atoms with Gasteiger partial charge in [0.05, 0.1) is 7.11 Å². The van der Waals surface area contributed by atoms with Crippen molar-refractivity contribution < 1.29 is 9.53 Å². The lowest BCUT2D eigenvalue weighted by atomic mass is 9.87. The number of hydrogen-bond donors (Lipinski definition) is 2. The van der Waals surface area contributed by atoms with E-state index >= 15 is 0 Å². The number of carbonyl (C=O) groups excluding carboxylic acids is 1. The molecule has 0 radical (unpaired) electrons. The van der Waals surface area contributed by atoms with Crippen molar-refractivity contribution in [2.45, 2.75) is 38.6 Å². The molecule has 0 spiro atoms. The Balaban J connectivity index is 2.23. The van der Waals surface area contributed by atoms with Crippen LogP contribution in [0.4, 0.5) is 4.79 Å². The Kier molecular flexibility index (Phi) is 4.81. The zero-order valence-corrected chi connectivity index (χ0v) is 10.0. The van der Waals surface area contributed by atoms with Gasteiger partial charge in [0, 0.05) is 6.04 Å². The SMILES string of the molecule is COC(=O)NC(=S)NC1CCC(C)CC1. The first-order valence-corrected chi connectivity index (χ1v) is 5.68. The van der Waals surface area contributed by atoms with Gasteiger partial charge in [0.2, 0.25) is 0 Å². The van der Waals surface area contributed by atoms with Crippen LogP contribution in [0.15, 0.2) is 0 Å². The second-order valence-corrected chi connectivity index (χ2v) is 4.46. The van der Waals surface area contributed by atoms with Crippen LogP contribution in [0.5, 0.6) is 0 Å². The molecule has 0 atom stereocenters. The van der Waals surface area contributed by atoms with Crippen LogP contribution in [0.1, 0.15) is 32.6 Å². The van der Waals surface area contributed by atoms with Gasteiger partial charge in [-0.3, -0.25) is 5.32 Å². The van der Waals surface area contributed by atoms with E-state index in [0.717, 1.165) is 18.8 Å². The molecule has 4 nitrogen and oxygen atoms in total. The molecule has 1 amide bonds. The summed E-state index contributed by atoms with van der Waals surface area (Å²) in [6.07, 6.45) is 4.15. The first-order chi connectivity index (χ1) is 7.11. The average molecular weight is 230 g/mol. The second-order valence-electron chi connectivity index (χ2n) is 4.05. The molecule has 0 bridgehead atoms. The molecule has 2 N–H and O–H groups in total. The molecule has 0 aromatic carbocycles. The summed E-state index contributed by atoms with van der Waals surface area (Å²) in [4.78, 5) is 10.9. The molecule has 0 aliphatic heterocycles. The summed E-state index contributed by atoms with van der Waals surface area (Å²) in [6, 6.07) is 0.394. The fourth-order valence-corrected chi connectivity index (χ4v) is 2.02. The Labute approximate surface area is 95.8 Å². The highest BCUT2D eigenvalue weighted by Crippen LogP contribution is 2.23. The van der Waals surface area contributed by atoms with Crippen LogP contribution in [-0.2, 0) is 4.74 Å². The molecule has 0 aromatic rings. The lowest BCUT2D eigenvalue weighted by Gasteiger charge is -2.27. The minimum absolute atomic E-state index is 0.362. The zero-order valence-electron chi connectivity index (χ0n) is 9.21. The van der Waals surface area contributed by atoms with Crippen LogP contribution in [0.25, 0.3) is 0 Å². The van der Waals surface area contributed by atoms with Crippen molar-refractivity contribution in [3.05, 3.63) is 0 Å². The highest BCUT2D eigenvalue weighted by atomic mass is 32.1. The molecule has 15 heavy (non-hydrogen) atoms. The van der Waals surface area contributed by atoms with Gasteiger partial charge in [0.1, 0.15) is 0 Å². The molecule has 0 aromatic heterocycles. The summed E-state index contributed by atoms with van der Waals surface area (Å²) in [5.41, 5.74) is 0. The van der Waals surface area contributed by atoms with Crippen molar-refractivity contribution >= 4 is 23.4 Å². The third-order valence-electron chi connectivity index (χ3n) is 2.75. The fraction of sp³-hybridized carbons (Fsp3) is 0.800. The van der Waals surface area contributed by atoms with Crippen molar-refractivity contribution in [2.24, 2.45) is 5.92 Å². The summed E-state index contributed by atoms with van der Waals surface area (Å²) in [7, 11) is 1.32. The van der Waals surface area contributed by atoms with Crippen molar-refractivity contribution in [3.8, 4) is 0 Å². The zero-order chi connectivity index (χ0) is 11.3. The Morgan fingerprint density at radius 3 is 2.47 bits per heavy atom. The number of hydrogen-bond acceptors (Lipinski definition) is 3. The predicted molar refractivity (Wildman–Crippen MR) is 62.7 cm³/mol. The van der Waals surface area contributed by atoms with Crippen LogP contribution >= 0.6 is 12.2 Å². The molecule has 0 heterocycles. The summed E-state index contributed by atoms with van der Waals surface area (Å²) in [5, 5.41) is 5.93. The van der Waals surface area contributed by atoms with Gasteiger partial charge in [-0.05, 0) is 43.8 Å². The molecule has 1 aliphatic rings. The Hall–Kier alpha value is -0.840. The van der Waals surface area contributed by atoms with E-state index in [4.69, 9.17) is 12.2 Å². The smallest absolute Gasteiger partial charge is 0.413 e. The van der Waals surface area contributed by atoms with E-state index in [2.05, 4.69) is 22.3 Å². The fourth-order valence-electron chi connectivity index (χ4n) is 1.77. The standard InChI is InChI=1S/C10H18N2O2S/c1-7-3-5-8(6-4-7)11-9(15)12-10(13)14-2/h7-8H,3-6H2,1-2H3,(H2,11,12,13,15). The Bertz CT molecular complexity index is 238. The second kappa shape index (κ2) is 5.90. The van der Waals surface area contributed by atoms with Gasteiger partial charge < -0.3 is 10.1 Å².